The van der Waals surface area contributed by atoms with Gasteiger partial charge in [-0.05, 0) is 48.7 Å². The van der Waals surface area contributed by atoms with Crippen LogP contribution < -0.4 is 9.64 Å². The molecule has 0 spiro atoms. The smallest absolute Gasteiger partial charge is 0.243 e. The molecule has 0 unspecified atom stereocenters. The number of amides is 1. The van der Waals surface area contributed by atoms with Crippen LogP contribution in [0, 0.1) is 0 Å². The van der Waals surface area contributed by atoms with Gasteiger partial charge >= 0.3 is 0 Å². The maximum atomic E-state index is 12.9. The third kappa shape index (κ3) is 4.02. The highest BCUT2D eigenvalue weighted by Crippen LogP contribution is 2.36. The molecule has 0 bridgehead atoms. The van der Waals surface area contributed by atoms with E-state index >= 15 is 0 Å². The number of hydrogen-bond acceptors (Lipinski definition) is 4. The number of ether oxygens (including phenoxy) is 1. The van der Waals surface area contributed by atoms with E-state index in [1.807, 2.05) is 18.2 Å². The van der Waals surface area contributed by atoms with Crippen LogP contribution >= 0.6 is 15.9 Å². The SMILES string of the molecule is COc1cccc2c1N(C(=O)CN(C)S(=O)(=O)c1ccc(Br)cc1)CCC2. The molecule has 0 saturated heterocycles. The topological polar surface area (TPSA) is 66.9 Å². The van der Waals surface area contributed by atoms with Crippen molar-refractivity contribution >= 4 is 37.5 Å². The fraction of sp³-hybridized carbons (Fsp3) is 0.316. The summed E-state index contributed by atoms with van der Waals surface area (Å²) in [7, 11) is -0.763. The molecule has 3 rings (SSSR count). The summed E-state index contributed by atoms with van der Waals surface area (Å²) in [6.45, 7) is 0.300. The quantitative estimate of drug-likeness (QED) is 0.698. The minimum absolute atomic E-state index is 0.151. The normalized spacial score (nSPS) is 14.1. The van der Waals surface area contributed by atoms with E-state index in [1.165, 1.54) is 19.2 Å². The molecule has 2 aromatic rings. The van der Waals surface area contributed by atoms with Crippen molar-refractivity contribution in [3.05, 3.63) is 52.5 Å². The van der Waals surface area contributed by atoms with E-state index < -0.39 is 10.0 Å². The van der Waals surface area contributed by atoms with Crippen molar-refractivity contribution in [2.45, 2.75) is 17.7 Å². The highest BCUT2D eigenvalue weighted by Gasteiger charge is 2.29. The third-order valence-corrected chi connectivity index (χ3v) is 6.93. The molecule has 0 saturated carbocycles. The van der Waals surface area contributed by atoms with Crippen LogP contribution in [0.3, 0.4) is 0 Å². The van der Waals surface area contributed by atoms with Gasteiger partial charge in [-0.3, -0.25) is 4.79 Å². The Kier molecular flexibility index (Phi) is 5.88. The first-order valence-electron chi connectivity index (χ1n) is 8.52. The maximum absolute atomic E-state index is 12.9. The molecule has 2 aromatic carbocycles. The molecule has 0 aliphatic carbocycles. The number of carbonyl (C=O) groups excluding carboxylic acids is 1. The minimum atomic E-state index is -3.75. The Morgan fingerprint density at radius 1 is 1.22 bits per heavy atom. The van der Waals surface area contributed by atoms with Crippen LogP contribution in [0.2, 0.25) is 0 Å². The summed E-state index contributed by atoms with van der Waals surface area (Å²) in [6.07, 6.45) is 1.69. The van der Waals surface area contributed by atoms with Crippen LogP contribution in [0.1, 0.15) is 12.0 Å². The minimum Gasteiger partial charge on any atom is -0.495 e. The first-order chi connectivity index (χ1) is 12.8. The average Bonchev–Trinajstić information content (AvgIpc) is 2.67. The lowest BCUT2D eigenvalue weighted by Gasteiger charge is -2.32. The van der Waals surface area contributed by atoms with E-state index in [9.17, 15) is 13.2 Å². The fourth-order valence-corrected chi connectivity index (χ4v) is 4.56. The molecule has 27 heavy (non-hydrogen) atoms. The summed E-state index contributed by atoms with van der Waals surface area (Å²) in [4.78, 5) is 14.7. The first kappa shape index (κ1) is 19.9. The van der Waals surface area contributed by atoms with E-state index in [0.717, 1.165) is 32.9 Å². The first-order valence-corrected chi connectivity index (χ1v) is 10.8. The second-order valence-electron chi connectivity index (χ2n) is 6.33. The summed E-state index contributed by atoms with van der Waals surface area (Å²) in [5.74, 6) is 0.350. The van der Waals surface area contributed by atoms with Gasteiger partial charge in [-0.15, -0.1) is 0 Å². The van der Waals surface area contributed by atoms with Crippen molar-refractivity contribution in [3.63, 3.8) is 0 Å². The van der Waals surface area contributed by atoms with E-state index in [-0.39, 0.29) is 17.3 Å². The van der Waals surface area contributed by atoms with Crippen LogP contribution in [-0.4, -0.2) is 45.9 Å². The van der Waals surface area contributed by atoms with Gasteiger partial charge < -0.3 is 9.64 Å². The van der Waals surface area contributed by atoms with E-state index in [0.29, 0.717) is 12.3 Å². The number of aryl methyl sites for hydroxylation is 1. The molecule has 0 aromatic heterocycles. The molecule has 8 heteroatoms. The third-order valence-electron chi connectivity index (χ3n) is 4.58. The zero-order valence-corrected chi connectivity index (χ0v) is 17.6. The van der Waals surface area contributed by atoms with Gasteiger partial charge in [0.1, 0.15) is 5.75 Å². The number of hydrogen-bond donors (Lipinski definition) is 0. The Morgan fingerprint density at radius 3 is 2.59 bits per heavy atom. The van der Waals surface area contributed by atoms with Crippen molar-refractivity contribution in [1.29, 1.82) is 0 Å². The number of likely N-dealkylation sites (N-methyl/N-ethyl adjacent to an activating group) is 1. The molecule has 1 aliphatic rings. The van der Waals surface area contributed by atoms with Crippen LogP contribution in [0.5, 0.6) is 5.75 Å². The Bertz CT molecular complexity index is 930. The fourth-order valence-electron chi connectivity index (χ4n) is 3.18. The van der Waals surface area contributed by atoms with Crippen molar-refractivity contribution in [2.75, 3.05) is 32.1 Å². The highest BCUT2D eigenvalue weighted by atomic mass is 79.9. The Labute approximate surface area is 167 Å². The van der Waals surface area contributed by atoms with Gasteiger partial charge in [-0.1, -0.05) is 28.1 Å². The molecule has 1 heterocycles. The Hall–Kier alpha value is -1.90. The lowest BCUT2D eigenvalue weighted by atomic mass is 10.0. The summed E-state index contributed by atoms with van der Waals surface area (Å²) >= 11 is 3.29. The van der Waals surface area contributed by atoms with Gasteiger partial charge in [0.05, 0.1) is 24.2 Å². The van der Waals surface area contributed by atoms with Crippen molar-refractivity contribution in [3.8, 4) is 5.75 Å². The van der Waals surface area contributed by atoms with E-state index in [1.54, 1.807) is 24.1 Å². The zero-order chi connectivity index (χ0) is 19.6. The van der Waals surface area contributed by atoms with Crippen LogP contribution in [0.25, 0.3) is 0 Å². The Morgan fingerprint density at radius 2 is 1.93 bits per heavy atom. The number of nitrogens with zero attached hydrogens (tertiary/aromatic N) is 2. The van der Waals surface area contributed by atoms with Gasteiger partial charge in [0.25, 0.3) is 0 Å². The summed E-state index contributed by atoms with van der Waals surface area (Å²) < 4.78 is 32.8. The van der Waals surface area contributed by atoms with E-state index in [2.05, 4.69) is 15.9 Å². The summed E-state index contributed by atoms with van der Waals surface area (Å²) in [5, 5.41) is 0. The number of halogens is 1. The van der Waals surface area contributed by atoms with Crippen LogP contribution in [0.4, 0.5) is 5.69 Å². The van der Waals surface area contributed by atoms with Gasteiger partial charge in [0, 0.05) is 18.1 Å². The predicted molar refractivity (Wildman–Crippen MR) is 108 cm³/mol. The Balaban J connectivity index is 1.83. The average molecular weight is 453 g/mol. The highest BCUT2D eigenvalue weighted by molar-refractivity contribution is 9.10. The lowest BCUT2D eigenvalue weighted by molar-refractivity contribution is -0.118. The predicted octanol–water partition coefficient (Wildman–Crippen LogP) is 3.06. The maximum Gasteiger partial charge on any atom is 0.243 e. The standard InChI is InChI=1S/C19H21BrN2O4S/c1-21(27(24,25)16-10-8-15(20)9-11-16)13-18(23)22-12-4-6-14-5-3-7-17(26-2)19(14)22/h3,5,7-11H,4,6,12-13H2,1-2H3. The van der Waals surface area contributed by atoms with Crippen molar-refractivity contribution < 1.29 is 17.9 Å². The van der Waals surface area contributed by atoms with Crippen molar-refractivity contribution in [1.82, 2.24) is 4.31 Å². The number of anilines is 1. The molecule has 0 radical (unpaired) electrons. The summed E-state index contributed by atoms with van der Waals surface area (Å²) in [5.41, 5.74) is 1.78. The molecule has 0 atom stereocenters. The van der Waals surface area contributed by atoms with E-state index in [4.69, 9.17) is 4.74 Å². The largest absolute Gasteiger partial charge is 0.495 e. The monoisotopic (exact) mass is 452 g/mol. The number of methoxy groups -OCH3 is 1. The molecular weight excluding hydrogens is 432 g/mol. The molecule has 0 N–H and O–H groups in total. The lowest BCUT2D eigenvalue weighted by Crippen LogP contribution is -2.43. The van der Waals surface area contributed by atoms with Gasteiger partial charge in [-0.25, -0.2) is 8.42 Å². The van der Waals surface area contributed by atoms with Gasteiger partial charge in [0.2, 0.25) is 15.9 Å². The molecule has 6 nitrogen and oxygen atoms in total. The molecular formula is C19H21BrN2O4S. The second kappa shape index (κ2) is 8.00. The summed E-state index contributed by atoms with van der Waals surface area (Å²) in [6, 6.07) is 12.0. The molecule has 144 valence electrons. The number of para-hydroxylation sites is 1. The molecule has 0 fully saturated rings. The number of fused-ring (bicyclic) bond motifs is 1. The number of rotatable bonds is 5. The number of sulfonamides is 1. The number of carbonyl (C=O) groups is 1. The molecule has 1 aliphatic heterocycles. The molecule has 1 amide bonds. The van der Waals surface area contributed by atoms with Gasteiger partial charge in [0.15, 0.2) is 0 Å². The van der Waals surface area contributed by atoms with Crippen molar-refractivity contribution in [2.24, 2.45) is 0 Å². The van der Waals surface area contributed by atoms with Crippen LogP contribution in [-0.2, 0) is 21.2 Å². The van der Waals surface area contributed by atoms with Crippen LogP contribution in [0.15, 0.2) is 51.8 Å². The second-order valence-corrected chi connectivity index (χ2v) is 9.29. The van der Waals surface area contributed by atoms with Gasteiger partial charge in [-0.2, -0.15) is 4.31 Å². The number of benzene rings is 2. The zero-order valence-electron chi connectivity index (χ0n) is 15.2.